The highest BCUT2D eigenvalue weighted by Crippen LogP contribution is 2.07. The van der Waals surface area contributed by atoms with Gasteiger partial charge in [0.25, 0.3) is 0 Å². The second-order valence-corrected chi connectivity index (χ2v) is 5.91. The average molecular weight is 320 g/mol. The second-order valence-electron chi connectivity index (χ2n) is 5.91. The lowest BCUT2D eigenvalue weighted by atomic mass is 10.2. The van der Waals surface area contributed by atoms with Crippen LogP contribution in [0.25, 0.3) is 0 Å². The van der Waals surface area contributed by atoms with Gasteiger partial charge < -0.3 is 14.7 Å². The molecule has 8 nitrogen and oxygen atoms in total. The van der Waals surface area contributed by atoms with Gasteiger partial charge in [-0.25, -0.2) is 4.79 Å². The number of carbonyl (C=O) groups excluding carboxylic acids is 1. The summed E-state index contributed by atoms with van der Waals surface area (Å²) in [5.74, 6) is 1.43. The van der Waals surface area contributed by atoms with Gasteiger partial charge in [0.1, 0.15) is 0 Å². The molecule has 126 valence electrons. The number of urea groups is 1. The summed E-state index contributed by atoms with van der Waals surface area (Å²) in [4.78, 5) is 18.4. The van der Waals surface area contributed by atoms with Crippen molar-refractivity contribution in [3.05, 3.63) is 29.7 Å². The van der Waals surface area contributed by atoms with Crippen LogP contribution in [0.15, 0.2) is 16.9 Å². The van der Waals surface area contributed by atoms with Crippen LogP contribution < -0.4 is 5.32 Å². The zero-order chi connectivity index (χ0) is 16.8. The van der Waals surface area contributed by atoms with Crippen molar-refractivity contribution in [3.63, 3.8) is 0 Å². The van der Waals surface area contributed by atoms with Crippen LogP contribution in [0, 0.1) is 5.92 Å². The third kappa shape index (κ3) is 5.08. The minimum atomic E-state index is -0.154. The Balaban J connectivity index is 1.95. The smallest absolute Gasteiger partial charge is 0.318 e. The lowest BCUT2D eigenvalue weighted by Crippen LogP contribution is -2.41. The molecule has 2 heterocycles. The van der Waals surface area contributed by atoms with E-state index < -0.39 is 0 Å². The highest BCUT2D eigenvalue weighted by molar-refractivity contribution is 5.74. The van der Waals surface area contributed by atoms with Crippen LogP contribution in [-0.2, 0) is 26.6 Å². The van der Waals surface area contributed by atoms with E-state index in [4.69, 9.17) is 4.52 Å². The number of nitrogens with one attached hydrogen (secondary N) is 1. The summed E-state index contributed by atoms with van der Waals surface area (Å²) in [5.41, 5.74) is 0.995. The average Bonchev–Trinajstić information content (AvgIpc) is 3.12. The number of carbonyl (C=O) groups is 1. The molecule has 0 aliphatic carbocycles. The lowest BCUT2D eigenvalue weighted by molar-refractivity contribution is 0.186. The Hall–Kier alpha value is -2.38. The predicted molar refractivity (Wildman–Crippen MR) is 84.4 cm³/mol. The highest BCUT2D eigenvalue weighted by Gasteiger charge is 2.17. The molecule has 0 aliphatic heterocycles. The maximum Gasteiger partial charge on any atom is 0.318 e. The molecule has 0 radical (unpaired) electrons. The minimum absolute atomic E-state index is 0.154. The fraction of sp³-hybridized carbons (Fsp3) is 0.600. The molecule has 0 aliphatic rings. The first-order valence-electron chi connectivity index (χ1n) is 7.79. The van der Waals surface area contributed by atoms with E-state index in [1.54, 1.807) is 15.8 Å². The van der Waals surface area contributed by atoms with Crippen LogP contribution in [0.1, 0.15) is 38.0 Å². The van der Waals surface area contributed by atoms with Crippen LogP contribution in [0.2, 0.25) is 0 Å². The molecule has 8 heteroatoms. The van der Waals surface area contributed by atoms with Crippen molar-refractivity contribution in [3.8, 4) is 0 Å². The van der Waals surface area contributed by atoms with Crippen LogP contribution in [0.4, 0.5) is 4.79 Å². The van der Waals surface area contributed by atoms with Crippen LogP contribution in [0.5, 0.6) is 0 Å². The van der Waals surface area contributed by atoms with Crippen molar-refractivity contribution >= 4 is 6.03 Å². The molecule has 2 rings (SSSR count). The highest BCUT2D eigenvalue weighted by atomic mass is 16.5. The van der Waals surface area contributed by atoms with Crippen molar-refractivity contribution < 1.29 is 9.32 Å². The van der Waals surface area contributed by atoms with E-state index in [0.29, 0.717) is 37.1 Å². The number of hydrogen-bond donors (Lipinski definition) is 1. The van der Waals surface area contributed by atoms with E-state index in [-0.39, 0.29) is 12.6 Å². The molecule has 0 aromatic carbocycles. The Bertz CT molecular complexity index is 633. The molecule has 23 heavy (non-hydrogen) atoms. The fourth-order valence-electron chi connectivity index (χ4n) is 2.20. The molecular formula is C15H24N6O2. The van der Waals surface area contributed by atoms with Crippen LogP contribution in [-0.4, -0.2) is 37.4 Å². The maximum atomic E-state index is 12.4. The summed E-state index contributed by atoms with van der Waals surface area (Å²) in [6.07, 6.45) is 4.39. The monoisotopic (exact) mass is 320 g/mol. The summed E-state index contributed by atoms with van der Waals surface area (Å²) in [6, 6.07) is -0.154. The molecule has 0 atom stereocenters. The van der Waals surface area contributed by atoms with Gasteiger partial charge in [-0.1, -0.05) is 25.9 Å². The number of hydrogen-bond acceptors (Lipinski definition) is 5. The SMILES string of the molecule is CCc1noc(CNC(=O)N(Cc2cnn(C)c2)CC(C)C)n1. The summed E-state index contributed by atoms with van der Waals surface area (Å²) in [5, 5.41) is 10.8. The van der Waals surface area contributed by atoms with Gasteiger partial charge in [-0.2, -0.15) is 10.1 Å². The number of rotatable bonds is 7. The summed E-state index contributed by atoms with van der Waals surface area (Å²) in [6.45, 7) is 7.51. The van der Waals surface area contributed by atoms with Gasteiger partial charge in [0.15, 0.2) is 5.82 Å². The second kappa shape index (κ2) is 7.75. The fourth-order valence-corrected chi connectivity index (χ4v) is 2.20. The van der Waals surface area contributed by atoms with E-state index in [2.05, 4.69) is 34.4 Å². The molecule has 1 N–H and O–H groups in total. The van der Waals surface area contributed by atoms with E-state index in [1.807, 2.05) is 20.2 Å². The molecule has 2 aromatic heterocycles. The summed E-state index contributed by atoms with van der Waals surface area (Å²) < 4.78 is 6.81. The first kappa shape index (κ1) is 17.0. The van der Waals surface area contributed by atoms with Crippen molar-refractivity contribution in [2.45, 2.75) is 40.3 Å². The number of aromatic nitrogens is 4. The quantitative estimate of drug-likeness (QED) is 0.839. The third-order valence-corrected chi connectivity index (χ3v) is 3.22. The van der Waals surface area contributed by atoms with Crippen molar-refractivity contribution in [2.75, 3.05) is 6.54 Å². The van der Waals surface area contributed by atoms with Crippen molar-refractivity contribution in [2.24, 2.45) is 13.0 Å². The van der Waals surface area contributed by atoms with Gasteiger partial charge in [-0.3, -0.25) is 4.68 Å². The molecule has 0 spiro atoms. The van der Waals surface area contributed by atoms with E-state index in [9.17, 15) is 4.79 Å². The Labute approximate surface area is 135 Å². The molecule has 0 bridgehead atoms. The van der Waals surface area contributed by atoms with Gasteiger partial charge in [-0.05, 0) is 5.92 Å². The number of aryl methyl sites for hydroxylation is 2. The van der Waals surface area contributed by atoms with Crippen molar-refractivity contribution in [1.82, 2.24) is 30.1 Å². The summed E-state index contributed by atoms with van der Waals surface area (Å²) >= 11 is 0. The zero-order valence-corrected chi connectivity index (χ0v) is 14.1. The van der Waals surface area contributed by atoms with E-state index in [1.165, 1.54) is 0 Å². The topological polar surface area (TPSA) is 89.1 Å². The van der Waals surface area contributed by atoms with Crippen LogP contribution in [0.3, 0.4) is 0 Å². The number of amides is 2. The first-order valence-corrected chi connectivity index (χ1v) is 7.79. The van der Waals surface area contributed by atoms with E-state index >= 15 is 0 Å². The van der Waals surface area contributed by atoms with Gasteiger partial charge in [0, 0.05) is 31.8 Å². The lowest BCUT2D eigenvalue weighted by Gasteiger charge is -2.24. The Kier molecular flexibility index (Phi) is 5.72. The van der Waals surface area contributed by atoms with E-state index in [0.717, 1.165) is 5.56 Å². The molecular weight excluding hydrogens is 296 g/mol. The molecule has 0 saturated carbocycles. The van der Waals surface area contributed by atoms with Crippen molar-refractivity contribution in [1.29, 1.82) is 0 Å². The summed E-state index contributed by atoms with van der Waals surface area (Å²) in [7, 11) is 1.86. The Morgan fingerprint density at radius 1 is 1.48 bits per heavy atom. The van der Waals surface area contributed by atoms with Gasteiger partial charge >= 0.3 is 6.03 Å². The molecule has 2 aromatic rings. The van der Waals surface area contributed by atoms with Gasteiger partial charge in [0.2, 0.25) is 5.89 Å². The Morgan fingerprint density at radius 2 is 2.26 bits per heavy atom. The largest absolute Gasteiger partial charge is 0.337 e. The molecule has 0 fully saturated rings. The van der Waals surface area contributed by atoms with Gasteiger partial charge in [-0.15, -0.1) is 0 Å². The number of nitrogens with zero attached hydrogens (tertiary/aromatic N) is 5. The molecule has 2 amide bonds. The first-order chi connectivity index (χ1) is 11.0. The minimum Gasteiger partial charge on any atom is -0.337 e. The third-order valence-electron chi connectivity index (χ3n) is 3.22. The van der Waals surface area contributed by atoms with Gasteiger partial charge in [0.05, 0.1) is 19.3 Å². The standard InChI is InChI=1S/C15H24N6O2/c1-5-13-18-14(23-19-13)7-16-15(22)21(8-11(2)3)10-12-6-17-20(4)9-12/h6,9,11H,5,7-8,10H2,1-4H3,(H,16,22). The normalized spacial score (nSPS) is 11.0. The molecule has 0 unspecified atom stereocenters. The van der Waals surface area contributed by atoms with Crippen LogP contribution >= 0.6 is 0 Å². The molecule has 0 saturated heterocycles. The predicted octanol–water partition coefficient (Wildman–Crippen LogP) is 1.73. The zero-order valence-electron chi connectivity index (χ0n) is 14.1. The maximum absolute atomic E-state index is 12.4. The Morgan fingerprint density at radius 3 is 2.83 bits per heavy atom.